The van der Waals surface area contributed by atoms with Gasteiger partial charge in [-0.25, -0.2) is 0 Å². The van der Waals surface area contributed by atoms with Gasteiger partial charge >= 0.3 is 0 Å². The van der Waals surface area contributed by atoms with Crippen LogP contribution < -0.4 is 0 Å². The summed E-state index contributed by atoms with van der Waals surface area (Å²) in [6.45, 7) is 4.87. The zero-order valence-electron chi connectivity index (χ0n) is 10.7. The first-order valence-corrected chi connectivity index (χ1v) is 6.57. The van der Waals surface area contributed by atoms with Crippen LogP contribution in [0.1, 0.15) is 39.5 Å². The molecule has 0 radical (unpaired) electrons. The molecule has 1 heterocycles. The van der Waals surface area contributed by atoms with Crippen LogP contribution in [0.2, 0.25) is 0 Å². The minimum Gasteiger partial charge on any atom is -0.388 e. The zero-order valence-corrected chi connectivity index (χ0v) is 10.7. The molecular formula is C13H23NO3. The number of aliphatic hydroxyl groups excluding tert-OH is 2. The Hall–Kier alpha value is -0.610. The molecule has 0 aromatic rings. The van der Waals surface area contributed by atoms with Gasteiger partial charge in [0, 0.05) is 19.0 Å². The van der Waals surface area contributed by atoms with Crippen molar-refractivity contribution in [3.8, 4) is 0 Å². The minimum atomic E-state index is -0.773. The van der Waals surface area contributed by atoms with Crippen molar-refractivity contribution in [1.29, 1.82) is 0 Å². The van der Waals surface area contributed by atoms with Gasteiger partial charge in [-0.05, 0) is 18.3 Å². The number of carbonyl (C=O) groups excluding carboxylic acids is 1. The molecule has 1 amide bonds. The Morgan fingerprint density at radius 2 is 1.76 bits per heavy atom. The number of carbonyl (C=O) groups is 1. The van der Waals surface area contributed by atoms with Gasteiger partial charge in [0.2, 0.25) is 5.91 Å². The van der Waals surface area contributed by atoms with Gasteiger partial charge in [0.15, 0.2) is 0 Å². The van der Waals surface area contributed by atoms with E-state index in [4.69, 9.17) is 0 Å². The summed E-state index contributed by atoms with van der Waals surface area (Å²) in [5.41, 5.74) is 0.0494. The molecule has 0 bridgehead atoms. The number of amides is 1. The smallest absolute Gasteiger partial charge is 0.226 e. The van der Waals surface area contributed by atoms with E-state index < -0.39 is 12.2 Å². The predicted molar refractivity (Wildman–Crippen MR) is 64.3 cm³/mol. The first-order valence-electron chi connectivity index (χ1n) is 6.57. The van der Waals surface area contributed by atoms with Crippen molar-refractivity contribution in [3.05, 3.63) is 0 Å². The van der Waals surface area contributed by atoms with Crippen molar-refractivity contribution in [2.45, 2.75) is 51.7 Å². The number of hydrogen-bond donors (Lipinski definition) is 2. The molecule has 3 atom stereocenters. The molecule has 98 valence electrons. The lowest BCUT2D eigenvalue weighted by Gasteiger charge is -2.39. The van der Waals surface area contributed by atoms with Gasteiger partial charge in [-0.15, -0.1) is 0 Å². The number of hydrogen-bond acceptors (Lipinski definition) is 3. The SMILES string of the molecule is CC1(C)CCCCC1C(=O)N1CC(O)C(O)C1. The maximum Gasteiger partial charge on any atom is 0.226 e. The third kappa shape index (κ3) is 2.47. The molecule has 2 aliphatic rings. The maximum atomic E-state index is 12.4. The third-order valence-electron chi connectivity index (χ3n) is 4.38. The Labute approximate surface area is 103 Å². The number of nitrogens with zero attached hydrogens (tertiary/aromatic N) is 1. The van der Waals surface area contributed by atoms with Crippen LogP contribution in [0.3, 0.4) is 0 Å². The fourth-order valence-electron chi connectivity index (χ4n) is 3.12. The lowest BCUT2D eigenvalue weighted by Crippen LogP contribution is -2.43. The van der Waals surface area contributed by atoms with Crippen molar-refractivity contribution in [1.82, 2.24) is 4.90 Å². The Morgan fingerprint density at radius 1 is 1.18 bits per heavy atom. The Morgan fingerprint density at radius 3 is 2.29 bits per heavy atom. The van der Waals surface area contributed by atoms with Crippen LogP contribution in [0.4, 0.5) is 0 Å². The Balaban J connectivity index is 2.04. The second kappa shape index (κ2) is 4.58. The van der Waals surface area contributed by atoms with Crippen molar-refractivity contribution in [2.24, 2.45) is 11.3 Å². The average Bonchev–Trinajstić information content (AvgIpc) is 2.58. The normalized spacial score (nSPS) is 37.2. The van der Waals surface area contributed by atoms with Crippen LogP contribution in [0.15, 0.2) is 0 Å². The molecule has 17 heavy (non-hydrogen) atoms. The molecule has 0 aromatic heterocycles. The maximum absolute atomic E-state index is 12.4. The summed E-state index contributed by atoms with van der Waals surface area (Å²) >= 11 is 0. The van der Waals surface area contributed by atoms with E-state index >= 15 is 0 Å². The second-order valence-corrected chi connectivity index (χ2v) is 6.16. The molecule has 2 fully saturated rings. The van der Waals surface area contributed by atoms with E-state index in [1.165, 1.54) is 6.42 Å². The summed E-state index contributed by atoms with van der Waals surface area (Å²) in [4.78, 5) is 14.0. The van der Waals surface area contributed by atoms with Gasteiger partial charge < -0.3 is 15.1 Å². The van der Waals surface area contributed by atoms with E-state index in [2.05, 4.69) is 13.8 Å². The lowest BCUT2D eigenvalue weighted by molar-refractivity contribution is -0.140. The highest BCUT2D eigenvalue weighted by molar-refractivity contribution is 5.80. The van der Waals surface area contributed by atoms with Crippen molar-refractivity contribution >= 4 is 5.91 Å². The van der Waals surface area contributed by atoms with E-state index in [1.807, 2.05) is 0 Å². The molecule has 1 aliphatic carbocycles. The van der Waals surface area contributed by atoms with Gasteiger partial charge in [0.05, 0.1) is 12.2 Å². The topological polar surface area (TPSA) is 60.8 Å². The predicted octanol–water partition coefficient (Wildman–Crippen LogP) is 0.767. The molecule has 1 aliphatic heterocycles. The summed E-state index contributed by atoms with van der Waals surface area (Å²) in [6.07, 6.45) is 2.79. The molecule has 3 unspecified atom stereocenters. The summed E-state index contributed by atoms with van der Waals surface area (Å²) in [6, 6.07) is 0. The largest absolute Gasteiger partial charge is 0.388 e. The van der Waals surface area contributed by atoms with Crippen molar-refractivity contribution in [3.63, 3.8) is 0 Å². The van der Waals surface area contributed by atoms with Gasteiger partial charge in [0.1, 0.15) is 0 Å². The fourth-order valence-corrected chi connectivity index (χ4v) is 3.12. The number of aliphatic hydroxyl groups is 2. The second-order valence-electron chi connectivity index (χ2n) is 6.16. The average molecular weight is 241 g/mol. The lowest BCUT2D eigenvalue weighted by atomic mass is 9.68. The molecule has 1 saturated carbocycles. The molecule has 4 heteroatoms. The number of β-amino-alcohol motifs (C(OH)–C–C–N with tert-alkyl or cyclic N) is 2. The standard InChI is InChI=1S/C13H23NO3/c1-13(2)6-4-3-5-9(13)12(17)14-7-10(15)11(16)8-14/h9-11,15-16H,3-8H2,1-2H3. The molecule has 2 N–H and O–H groups in total. The molecule has 4 nitrogen and oxygen atoms in total. The minimum absolute atomic E-state index is 0.0494. The fraction of sp³-hybridized carbons (Fsp3) is 0.923. The first-order chi connectivity index (χ1) is 7.92. The highest BCUT2D eigenvalue weighted by Crippen LogP contribution is 2.41. The van der Waals surface area contributed by atoms with Crippen LogP contribution in [0.5, 0.6) is 0 Å². The first kappa shape index (κ1) is 12.8. The van der Waals surface area contributed by atoms with Gasteiger partial charge in [0.25, 0.3) is 0 Å². The van der Waals surface area contributed by atoms with Crippen LogP contribution in [0, 0.1) is 11.3 Å². The van der Waals surface area contributed by atoms with Crippen LogP contribution in [-0.4, -0.2) is 46.3 Å². The Kier molecular flexibility index (Phi) is 3.46. The Bertz CT molecular complexity index is 293. The summed E-state index contributed by atoms with van der Waals surface area (Å²) in [7, 11) is 0. The van der Waals surface area contributed by atoms with E-state index in [0.29, 0.717) is 0 Å². The quantitative estimate of drug-likeness (QED) is 0.713. The molecule has 0 spiro atoms. The van der Waals surface area contributed by atoms with Crippen LogP contribution >= 0.6 is 0 Å². The summed E-state index contributed by atoms with van der Waals surface area (Å²) in [5, 5.41) is 19.0. The number of likely N-dealkylation sites (tertiary alicyclic amines) is 1. The van der Waals surface area contributed by atoms with Crippen LogP contribution in [0.25, 0.3) is 0 Å². The van der Waals surface area contributed by atoms with Gasteiger partial charge in [-0.3, -0.25) is 4.79 Å². The zero-order chi connectivity index (χ0) is 12.6. The van der Waals surface area contributed by atoms with Crippen LogP contribution in [-0.2, 0) is 4.79 Å². The summed E-state index contributed by atoms with van der Waals surface area (Å²) < 4.78 is 0. The van der Waals surface area contributed by atoms with E-state index in [-0.39, 0.29) is 30.3 Å². The van der Waals surface area contributed by atoms with E-state index in [1.54, 1.807) is 4.90 Å². The molecular weight excluding hydrogens is 218 g/mol. The van der Waals surface area contributed by atoms with Gasteiger partial charge in [-0.1, -0.05) is 26.7 Å². The monoisotopic (exact) mass is 241 g/mol. The molecule has 2 rings (SSSR count). The highest BCUT2D eigenvalue weighted by Gasteiger charge is 2.42. The van der Waals surface area contributed by atoms with E-state index in [0.717, 1.165) is 19.3 Å². The number of rotatable bonds is 1. The summed E-state index contributed by atoms with van der Waals surface area (Å²) in [5.74, 6) is 0.166. The molecule has 1 saturated heterocycles. The highest BCUT2D eigenvalue weighted by atomic mass is 16.3. The van der Waals surface area contributed by atoms with E-state index in [9.17, 15) is 15.0 Å². The van der Waals surface area contributed by atoms with Crippen molar-refractivity contribution < 1.29 is 15.0 Å². The third-order valence-corrected chi connectivity index (χ3v) is 4.38. The van der Waals surface area contributed by atoms with Gasteiger partial charge in [-0.2, -0.15) is 0 Å². The molecule has 0 aromatic carbocycles. The van der Waals surface area contributed by atoms with Crippen molar-refractivity contribution in [2.75, 3.05) is 13.1 Å².